The third kappa shape index (κ3) is 4.54. The van der Waals surface area contributed by atoms with Gasteiger partial charge in [0.05, 0.1) is 6.85 Å². The highest BCUT2D eigenvalue weighted by Crippen LogP contribution is 2.32. The van der Waals surface area contributed by atoms with Crippen molar-refractivity contribution in [2.24, 2.45) is 0 Å². The van der Waals surface area contributed by atoms with Crippen LogP contribution in [0.25, 0.3) is 66.6 Å². The third-order valence-electron chi connectivity index (χ3n) is 6.72. The zero-order chi connectivity index (χ0) is 30.5. The Morgan fingerprint density at radius 2 is 1.13 bits per heavy atom. The predicted molar refractivity (Wildman–Crippen MR) is 162 cm³/mol. The molecule has 0 saturated heterocycles. The van der Waals surface area contributed by atoms with E-state index < -0.39 is 6.04 Å². The van der Waals surface area contributed by atoms with Crippen molar-refractivity contribution in [2.75, 3.05) is 0 Å². The lowest BCUT2D eigenvalue weighted by Crippen LogP contribution is -1.97. The second-order valence-corrected chi connectivity index (χ2v) is 9.47. The largest absolute Gasteiger partial charge is 0.226 e. The Kier molecular flexibility index (Phi) is 4.62. The fourth-order valence-corrected chi connectivity index (χ4v) is 5.01. The van der Waals surface area contributed by atoms with Gasteiger partial charge >= 0.3 is 0 Å². The molecule has 0 aliphatic rings. The second kappa shape index (κ2) is 9.79. The van der Waals surface area contributed by atoms with Crippen molar-refractivity contribution in [3.63, 3.8) is 0 Å². The summed E-state index contributed by atoms with van der Waals surface area (Å²) in [4.78, 5) is 13.6. The van der Waals surface area contributed by atoms with Crippen molar-refractivity contribution in [1.82, 2.24) is 15.0 Å². The number of fused-ring (bicyclic) bond motifs is 2. The summed E-state index contributed by atoms with van der Waals surface area (Å²) in [5, 5.41) is 4.11. The van der Waals surface area contributed by atoms with E-state index in [4.69, 9.17) is 23.4 Å². The summed E-state index contributed by atoms with van der Waals surface area (Å²) in [7, 11) is 0. The average Bonchev–Trinajstić information content (AvgIpc) is 3.06. The summed E-state index contributed by atoms with van der Waals surface area (Å²) in [6.45, 7) is 0. The molecular weight excluding hydrogens is 498 g/mol. The van der Waals surface area contributed by atoms with Crippen molar-refractivity contribution in [3.8, 4) is 45.0 Å². The smallest absolute Gasteiger partial charge is 0.208 e. The van der Waals surface area contributed by atoms with Crippen LogP contribution in [0.3, 0.4) is 0 Å². The van der Waals surface area contributed by atoms with Crippen LogP contribution in [0.4, 0.5) is 0 Å². The molecule has 0 spiro atoms. The third-order valence-corrected chi connectivity index (χ3v) is 6.89. The SMILES string of the molecule is [2H]c1c([2H])c([2H])c(-c2ccc3cc(-c4nc(Cl)nc(-c5cccc(-c6cccc7ccccc67)c5)n4)ccc3c2)c([2H])c1[2H]. The van der Waals surface area contributed by atoms with Gasteiger partial charge < -0.3 is 0 Å². The first-order valence-electron chi connectivity index (χ1n) is 14.9. The van der Waals surface area contributed by atoms with Gasteiger partial charge in [-0.3, -0.25) is 0 Å². The molecule has 0 unspecified atom stereocenters. The van der Waals surface area contributed by atoms with Gasteiger partial charge in [0.25, 0.3) is 0 Å². The first-order chi connectivity index (χ1) is 21.3. The molecule has 0 bridgehead atoms. The first kappa shape index (κ1) is 18.4. The summed E-state index contributed by atoms with van der Waals surface area (Å²) in [5.74, 6) is 0.880. The maximum absolute atomic E-state index is 8.33. The number of rotatable bonds is 4. The molecule has 0 N–H and O–H groups in total. The van der Waals surface area contributed by atoms with E-state index in [0.29, 0.717) is 17.2 Å². The monoisotopic (exact) mass is 524 g/mol. The highest BCUT2D eigenvalue weighted by atomic mass is 35.5. The fourth-order valence-electron chi connectivity index (χ4n) is 4.85. The van der Waals surface area contributed by atoms with Crippen LogP contribution in [-0.4, -0.2) is 15.0 Å². The molecule has 1 aromatic heterocycles. The highest BCUT2D eigenvalue weighted by Gasteiger charge is 2.12. The van der Waals surface area contributed by atoms with Gasteiger partial charge in [-0.05, 0) is 73.6 Å². The van der Waals surface area contributed by atoms with E-state index in [1.165, 1.54) is 0 Å². The summed E-state index contributed by atoms with van der Waals surface area (Å²) in [6.07, 6.45) is 0. The van der Waals surface area contributed by atoms with E-state index >= 15 is 0 Å². The lowest BCUT2D eigenvalue weighted by Gasteiger charge is -2.10. The molecule has 0 aliphatic heterocycles. The van der Waals surface area contributed by atoms with Gasteiger partial charge in [-0.1, -0.05) is 115 Å². The van der Waals surface area contributed by atoms with Crippen molar-refractivity contribution < 1.29 is 6.85 Å². The molecule has 0 saturated carbocycles. The lowest BCUT2D eigenvalue weighted by molar-refractivity contribution is 1.07. The van der Waals surface area contributed by atoms with E-state index in [-0.39, 0.29) is 35.0 Å². The van der Waals surface area contributed by atoms with E-state index in [1.54, 1.807) is 6.07 Å². The minimum Gasteiger partial charge on any atom is -0.208 e. The molecule has 1 heterocycles. The number of aromatic nitrogens is 3. The van der Waals surface area contributed by atoms with E-state index in [2.05, 4.69) is 52.4 Å². The molecule has 39 heavy (non-hydrogen) atoms. The molecule has 4 heteroatoms. The number of hydrogen-bond donors (Lipinski definition) is 0. The van der Waals surface area contributed by atoms with E-state index in [1.807, 2.05) is 54.6 Å². The number of benzene rings is 6. The topological polar surface area (TPSA) is 38.7 Å². The summed E-state index contributed by atoms with van der Waals surface area (Å²) in [6, 6.07) is 32.1. The van der Waals surface area contributed by atoms with Gasteiger partial charge in [0.15, 0.2) is 11.6 Å². The van der Waals surface area contributed by atoms with Crippen LogP contribution < -0.4 is 0 Å². The minimum atomic E-state index is -0.412. The quantitative estimate of drug-likeness (QED) is 0.230. The molecule has 3 nitrogen and oxygen atoms in total. The van der Waals surface area contributed by atoms with Gasteiger partial charge in [0, 0.05) is 11.1 Å². The van der Waals surface area contributed by atoms with Crippen LogP contribution in [0.2, 0.25) is 5.28 Å². The Hall–Kier alpha value is -4.86. The highest BCUT2D eigenvalue weighted by molar-refractivity contribution is 6.28. The molecule has 7 aromatic rings. The van der Waals surface area contributed by atoms with Crippen LogP contribution in [-0.2, 0) is 0 Å². The zero-order valence-electron chi connectivity index (χ0n) is 25.5. The van der Waals surface area contributed by atoms with Crippen molar-refractivity contribution in [3.05, 3.63) is 139 Å². The molecule has 0 atom stereocenters. The van der Waals surface area contributed by atoms with Gasteiger partial charge in [-0.2, -0.15) is 9.97 Å². The van der Waals surface area contributed by atoms with Crippen LogP contribution in [0, 0.1) is 0 Å². The Morgan fingerprint density at radius 3 is 1.95 bits per heavy atom. The van der Waals surface area contributed by atoms with Crippen molar-refractivity contribution in [2.45, 2.75) is 0 Å². The molecule has 0 fully saturated rings. The predicted octanol–water partition coefficient (Wildman–Crippen LogP) is 9.50. The fraction of sp³-hybridized carbons (Fsp3) is 0. The molecule has 0 amide bonds. The Labute approximate surface area is 238 Å². The maximum atomic E-state index is 8.33. The molecule has 0 radical (unpaired) electrons. The van der Waals surface area contributed by atoms with Crippen LogP contribution >= 0.6 is 11.6 Å². The number of hydrogen-bond acceptors (Lipinski definition) is 3. The number of halogens is 1. The van der Waals surface area contributed by atoms with Crippen molar-refractivity contribution >= 4 is 33.1 Å². The van der Waals surface area contributed by atoms with Gasteiger partial charge in [0.1, 0.15) is 0 Å². The molecular formula is C35H22ClN3. The van der Waals surface area contributed by atoms with Crippen LogP contribution in [0.15, 0.2) is 133 Å². The van der Waals surface area contributed by atoms with E-state index in [9.17, 15) is 0 Å². The number of nitrogens with zero attached hydrogens (tertiary/aromatic N) is 3. The zero-order valence-corrected chi connectivity index (χ0v) is 21.3. The Bertz CT molecular complexity index is 2240. The first-order valence-corrected chi connectivity index (χ1v) is 12.8. The normalized spacial score (nSPS) is 13.0. The Morgan fingerprint density at radius 1 is 0.487 bits per heavy atom. The Balaban J connectivity index is 1.27. The lowest BCUT2D eigenvalue weighted by atomic mass is 9.97. The van der Waals surface area contributed by atoms with Crippen molar-refractivity contribution in [1.29, 1.82) is 0 Å². The summed E-state index contributed by atoms with van der Waals surface area (Å²) >= 11 is 6.42. The van der Waals surface area contributed by atoms with Crippen LogP contribution in [0.5, 0.6) is 0 Å². The second-order valence-electron chi connectivity index (χ2n) is 9.14. The van der Waals surface area contributed by atoms with Gasteiger partial charge in [0.2, 0.25) is 5.28 Å². The molecule has 7 rings (SSSR count). The molecule has 0 aliphatic carbocycles. The maximum Gasteiger partial charge on any atom is 0.226 e. The molecule has 6 aromatic carbocycles. The molecule has 184 valence electrons. The van der Waals surface area contributed by atoms with Crippen LogP contribution in [0.1, 0.15) is 6.85 Å². The minimum absolute atomic E-state index is 0.0807. The summed E-state index contributed by atoms with van der Waals surface area (Å²) in [5.41, 5.74) is 4.41. The van der Waals surface area contributed by atoms with Gasteiger partial charge in [-0.15, -0.1) is 0 Å². The van der Waals surface area contributed by atoms with Gasteiger partial charge in [-0.25, -0.2) is 4.98 Å². The van der Waals surface area contributed by atoms with E-state index in [0.717, 1.165) is 43.8 Å². The average molecular weight is 525 g/mol. The summed E-state index contributed by atoms with van der Waals surface area (Å²) < 4.78 is 40.6. The standard InChI is InChI=1S/C35H22ClN3/c36-35-38-33(29-13-6-12-28(22-29)32-15-7-11-24-10-4-5-14-31(24)32)37-34(39-35)30-19-18-26-20-25(16-17-27(26)21-30)23-8-2-1-3-9-23/h1-22H/i1D,2D,3D,8D,9D.